The number of nitrogens with zero attached hydrogens (tertiary/aromatic N) is 1. The molecular weight excluding hydrogens is 102 g/mol. The first-order chi connectivity index (χ1) is 3.27. The van der Waals surface area contributed by atoms with E-state index >= 15 is 0 Å². The van der Waals surface area contributed by atoms with Crippen LogP contribution in [-0.2, 0) is 9.53 Å². The molecule has 0 aliphatic rings. The van der Waals surface area contributed by atoms with Crippen molar-refractivity contribution in [2.45, 2.75) is 0 Å². The van der Waals surface area contributed by atoms with Crippen LogP contribution in [0.25, 0.3) is 0 Å². The van der Waals surface area contributed by atoms with Crippen molar-refractivity contribution < 1.29 is 14.5 Å². The highest BCUT2D eigenvalue weighted by atomic mass is 16.7. The summed E-state index contributed by atoms with van der Waals surface area (Å²) in [6.45, 7) is 0.105. The molecule has 0 heterocycles. The van der Waals surface area contributed by atoms with Crippen molar-refractivity contribution in [2.75, 3.05) is 6.73 Å². The highest BCUT2D eigenvalue weighted by Crippen LogP contribution is 1.65. The van der Waals surface area contributed by atoms with Gasteiger partial charge < -0.3 is 4.74 Å². The Morgan fingerprint density at radius 3 is 2.57 bits per heavy atom. The zero-order valence-corrected chi connectivity index (χ0v) is 3.29. The molecular formula is C2H2NO4. The molecule has 0 aliphatic carbocycles. The smallest absolute Gasteiger partial charge is 0.392 e. The Balaban J connectivity index is 2.97. The van der Waals surface area contributed by atoms with E-state index in [1.54, 1.807) is 0 Å². The largest absolute Gasteiger partial charge is 0.422 e. The summed E-state index contributed by atoms with van der Waals surface area (Å²) in [5.41, 5.74) is 0. The van der Waals surface area contributed by atoms with E-state index in [9.17, 15) is 10.1 Å². The van der Waals surface area contributed by atoms with Gasteiger partial charge in [-0.2, -0.15) is 0 Å². The number of rotatable bonds is 3. The van der Waals surface area contributed by atoms with Crippen LogP contribution in [0, 0.1) is 10.1 Å². The van der Waals surface area contributed by atoms with Crippen molar-refractivity contribution in [1.29, 1.82) is 0 Å². The molecule has 0 aromatic rings. The van der Waals surface area contributed by atoms with Gasteiger partial charge in [0, 0.05) is 0 Å². The molecule has 0 aliphatic heterocycles. The molecule has 0 saturated heterocycles. The third-order valence-corrected chi connectivity index (χ3v) is 0.229. The quantitative estimate of drug-likeness (QED) is 0.270. The van der Waals surface area contributed by atoms with E-state index in [1.165, 1.54) is 0 Å². The van der Waals surface area contributed by atoms with Gasteiger partial charge in [-0.15, -0.1) is 0 Å². The van der Waals surface area contributed by atoms with Gasteiger partial charge in [-0.3, -0.25) is 10.1 Å². The molecule has 0 unspecified atom stereocenters. The van der Waals surface area contributed by atoms with Crippen molar-refractivity contribution in [1.82, 2.24) is 0 Å². The number of carbonyl (C=O) groups excluding carboxylic acids is 1. The molecule has 0 bridgehead atoms. The summed E-state index contributed by atoms with van der Waals surface area (Å²) in [5, 5.41) is 9.26. The Bertz CT molecular complexity index is 79.8. The minimum absolute atomic E-state index is 0.773. The minimum atomic E-state index is -0.802. The van der Waals surface area contributed by atoms with Crippen LogP contribution in [-0.4, -0.2) is 18.1 Å². The number of nitro groups is 1. The van der Waals surface area contributed by atoms with Gasteiger partial charge in [0.1, 0.15) is 0 Å². The molecule has 39 valence electrons. The summed E-state index contributed by atoms with van der Waals surface area (Å²) in [7, 11) is 0. The van der Waals surface area contributed by atoms with Gasteiger partial charge in [-0.05, 0) is 0 Å². The lowest BCUT2D eigenvalue weighted by molar-refractivity contribution is -0.516. The third-order valence-electron chi connectivity index (χ3n) is 0.229. The topological polar surface area (TPSA) is 69.4 Å². The summed E-state index contributed by atoms with van der Waals surface area (Å²) in [5.74, 6) is 0. The van der Waals surface area contributed by atoms with Gasteiger partial charge in [-0.1, -0.05) is 0 Å². The molecule has 1 radical (unpaired) electrons. The van der Waals surface area contributed by atoms with Gasteiger partial charge in [0.15, 0.2) is 0 Å². The molecule has 0 saturated carbocycles. The molecule has 5 heteroatoms. The summed E-state index contributed by atoms with van der Waals surface area (Å²) in [6.07, 6.45) is 0. The summed E-state index contributed by atoms with van der Waals surface area (Å²) < 4.78 is 3.59. The lowest BCUT2D eigenvalue weighted by Gasteiger charge is -1.82. The SMILES string of the molecule is O=[C]OC[N+](=O)[O-]. The first-order valence-corrected chi connectivity index (χ1v) is 1.38. The first kappa shape index (κ1) is 5.87. The molecule has 5 nitrogen and oxygen atoms in total. The van der Waals surface area contributed by atoms with E-state index in [1.807, 2.05) is 0 Å². The molecule has 0 N–H and O–H groups in total. The van der Waals surface area contributed by atoms with Crippen LogP contribution < -0.4 is 0 Å². The van der Waals surface area contributed by atoms with E-state index in [2.05, 4.69) is 4.74 Å². The maximum atomic E-state index is 9.26. The molecule has 0 rings (SSSR count). The van der Waals surface area contributed by atoms with E-state index in [-0.39, 0.29) is 0 Å². The van der Waals surface area contributed by atoms with Crippen LogP contribution in [0.4, 0.5) is 0 Å². The summed E-state index contributed by atoms with van der Waals surface area (Å²) in [6, 6.07) is 0. The second-order valence-corrected chi connectivity index (χ2v) is 0.690. The Morgan fingerprint density at radius 1 is 1.86 bits per heavy atom. The maximum Gasteiger partial charge on any atom is 0.422 e. The first-order valence-electron chi connectivity index (χ1n) is 1.38. The highest BCUT2D eigenvalue weighted by molar-refractivity contribution is 5.37. The van der Waals surface area contributed by atoms with E-state index in [4.69, 9.17) is 4.79 Å². The van der Waals surface area contributed by atoms with E-state index in [0.717, 1.165) is 6.47 Å². The highest BCUT2D eigenvalue weighted by Gasteiger charge is 1.90. The van der Waals surface area contributed by atoms with Gasteiger partial charge in [-0.25, -0.2) is 4.79 Å². The Morgan fingerprint density at radius 2 is 2.43 bits per heavy atom. The maximum absolute atomic E-state index is 9.26. The van der Waals surface area contributed by atoms with E-state index < -0.39 is 11.7 Å². The lowest BCUT2D eigenvalue weighted by Crippen LogP contribution is -2.02. The molecule has 0 aromatic carbocycles. The molecule has 0 spiro atoms. The second-order valence-electron chi connectivity index (χ2n) is 0.690. The van der Waals surface area contributed by atoms with Gasteiger partial charge in [0.2, 0.25) is 0 Å². The van der Waals surface area contributed by atoms with Crippen LogP contribution in [0.3, 0.4) is 0 Å². The van der Waals surface area contributed by atoms with Crippen LogP contribution in [0.5, 0.6) is 0 Å². The molecule has 0 amide bonds. The predicted molar refractivity (Wildman–Crippen MR) is 18.6 cm³/mol. The Kier molecular flexibility index (Phi) is 2.58. The third kappa shape index (κ3) is 4.87. The monoisotopic (exact) mass is 104 g/mol. The normalized spacial score (nSPS) is 7.43. The van der Waals surface area contributed by atoms with E-state index in [0.29, 0.717) is 0 Å². The molecule has 0 atom stereocenters. The minimum Gasteiger partial charge on any atom is -0.392 e. The summed E-state index contributed by atoms with van der Waals surface area (Å²) >= 11 is 0. The number of ether oxygens (including phenoxy) is 1. The Labute approximate surface area is 39.0 Å². The average Bonchev–Trinajstić information content (AvgIpc) is 1.61. The second kappa shape index (κ2) is 3.08. The fourth-order valence-electron chi connectivity index (χ4n) is 0.0791. The van der Waals surface area contributed by atoms with Gasteiger partial charge in [0.25, 0.3) is 0 Å². The molecule has 0 aromatic heterocycles. The van der Waals surface area contributed by atoms with Crippen molar-refractivity contribution in [2.24, 2.45) is 0 Å². The fraction of sp³-hybridized carbons (Fsp3) is 0.500. The molecule has 7 heavy (non-hydrogen) atoms. The van der Waals surface area contributed by atoms with Crippen LogP contribution in [0.1, 0.15) is 0 Å². The van der Waals surface area contributed by atoms with Gasteiger partial charge in [0.05, 0.1) is 4.92 Å². The fourth-order valence-corrected chi connectivity index (χ4v) is 0.0791. The zero-order chi connectivity index (χ0) is 5.70. The van der Waals surface area contributed by atoms with Crippen molar-refractivity contribution >= 4 is 6.47 Å². The van der Waals surface area contributed by atoms with Crippen molar-refractivity contribution in [3.8, 4) is 0 Å². The van der Waals surface area contributed by atoms with Gasteiger partial charge >= 0.3 is 13.2 Å². The van der Waals surface area contributed by atoms with Crippen molar-refractivity contribution in [3.05, 3.63) is 10.1 Å². The Hall–Kier alpha value is -1.13. The standard InChI is InChI=1S/C2H2NO4/c4-2-7-1-3(5)6/h1H2. The van der Waals surface area contributed by atoms with Crippen molar-refractivity contribution in [3.63, 3.8) is 0 Å². The van der Waals surface area contributed by atoms with Crippen LogP contribution in [0.15, 0.2) is 0 Å². The number of hydrogen-bond donors (Lipinski definition) is 0. The average molecular weight is 104 g/mol. The van der Waals surface area contributed by atoms with Crippen LogP contribution in [0.2, 0.25) is 0 Å². The molecule has 0 fully saturated rings. The summed E-state index contributed by atoms with van der Waals surface area (Å²) in [4.78, 5) is 17.5. The number of hydrogen-bond acceptors (Lipinski definition) is 4. The predicted octanol–water partition coefficient (Wildman–Crippen LogP) is -0.696. The van der Waals surface area contributed by atoms with Crippen LogP contribution >= 0.6 is 0 Å². The lowest BCUT2D eigenvalue weighted by atomic mass is 11.3. The zero-order valence-electron chi connectivity index (χ0n) is 3.29.